The lowest BCUT2D eigenvalue weighted by atomic mass is 10.0. The van der Waals surface area contributed by atoms with Gasteiger partial charge in [0.1, 0.15) is 5.75 Å². The van der Waals surface area contributed by atoms with E-state index in [-0.39, 0.29) is 35.4 Å². The van der Waals surface area contributed by atoms with Crippen molar-refractivity contribution in [2.75, 3.05) is 31.1 Å². The molecule has 2 aliphatic heterocycles. The first-order valence-corrected chi connectivity index (χ1v) is 13.3. The van der Waals surface area contributed by atoms with Crippen molar-refractivity contribution in [2.45, 2.75) is 49.9 Å². The van der Waals surface area contributed by atoms with Crippen LogP contribution >= 0.6 is 23.2 Å². The molecule has 0 radical (unpaired) electrons. The summed E-state index contributed by atoms with van der Waals surface area (Å²) in [7, 11) is 0. The Bertz CT molecular complexity index is 1230. The van der Waals surface area contributed by atoms with E-state index < -0.39 is 42.1 Å². The normalized spacial score (nSPS) is 21.4. The number of aliphatic hydroxyl groups excluding tert-OH is 1. The maximum atomic E-state index is 12.8. The topological polar surface area (TPSA) is 123 Å². The van der Waals surface area contributed by atoms with Gasteiger partial charge in [-0.3, -0.25) is 4.90 Å². The zero-order chi connectivity index (χ0) is 29.2. The van der Waals surface area contributed by atoms with Gasteiger partial charge in [0, 0.05) is 48.0 Å². The number of hydrogen-bond donors (Lipinski definition) is 4. The number of β-amino-alcohol motifs (C(OH)–C–C–N with tert-alkyl or cyclic N) is 1. The highest BCUT2D eigenvalue weighted by molar-refractivity contribution is 6.32. The number of aromatic hydroxyl groups is 1. The molecule has 4 N–H and O–H groups in total. The van der Waals surface area contributed by atoms with E-state index in [9.17, 15) is 38.1 Å². The van der Waals surface area contributed by atoms with Crippen molar-refractivity contribution in [1.29, 1.82) is 0 Å². The number of nitrogens with one attached hydrogen (secondary N) is 1. The maximum absolute atomic E-state index is 12.8. The molecule has 4 rings (SSSR count). The second kappa shape index (κ2) is 12.4. The predicted octanol–water partition coefficient (Wildman–Crippen LogP) is 3.73. The molecule has 218 valence electrons. The Balaban J connectivity index is 1.43. The Morgan fingerprint density at radius 1 is 1.10 bits per heavy atom. The molecular formula is C26H28Cl2F3N3O6. The maximum Gasteiger partial charge on any atom is 0.490 e. The van der Waals surface area contributed by atoms with Gasteiger partial charge in [0.2, 0.25) is 6.10 Å². The van der Waals surface area contributed by atoms with Gasteiger partial charge in [0.05, 0.1) is 17.2 Å². The summed E-state index contributed by atoms with van der Waals surface area (Å²) in [5, 5.41) is 34.3. The number of alkyl halides is 3. The van der Waals surface area contributed by atoms with Crippen molar-refractivity contribution in [1.82, 2.24) is 10.2 Å². The number of aliphatic hydroxyl groups is 1. The fourth-order valence-electron chi connectivity index (χ4n) is 5.03. The molecule has 2 heterocycles. The van der Waals surface area contributed by atoms with Crippen LogP contribution in [-0.2, 0) is 20.9 Å². The highest BCUT2D eigenvalue weighted by atomic mass is 35.5. The summed E-state index contributed by atoms with van der Waals surface area (Å²) in [6.45, 7) is 2.58. The van der Waals surface area contributed by atoms with Crippen LogP contribution in [0.5, 0.6) is 5.75 Å². The molecule has 40 heavy (non-hydrogen) atoms. The molecule has 14 heteroatoms. The van der Waals surface area contributed by atoms with E-state index in [1.165, 1.54) is 4.90 Å². The van der Waals surface area contributed by atoms with E-state index in [4.69, 9.17) is 23.2 Å². The number of anilines is 1. The van der Waals surface area contributed by atoms with Crippen LogP contribution in [0.15, 0.2) is 36.4 Å². The zero-order valence-electron chi connectivity index (χ0n) is 21.1. The summed E-state index contributed by atoms with van der Waals surface area (Å²) < 4.78 is 42.7. The minimum Gasteiger partial charge on any atom is -0.506 e. The van der Waals surface area contributed by atoms with E-state index in [2.05, 4.69) is 15.0 Å². The summed E-state index contributed by atoms with van der Waals surface area (Å²) in [6, 6.07) is 9.35. The second-order valence-electron chi connectivity index (χ2n) is 9.91. The van der Waals surface area contributed by atoms with Crippen molar-refractivity contribution in [3.63, 3.8) is 0 Å². The van der Waals surface area contributed by atoms with Crippen molar-refractivity contribution in [3.05, 3.63) is 57.6 Å². The Kier molecular flexibility index (Phi) is 9.36. The van der Waals surface area contributed by atoms with Gasteiger partial charge in [0.25, 0.3) is 0 Å². The third-order valence-corrected chi connectivity index (χ3v) is 7.60. The number of carboxylic acid groups (broad SMARTS) is 1. The standard InChI is InChI=1S/C26H28Cl2F3N3O6/c27-15-3-1-14(2-4-15)11-33-7-5-16(6-8-33)32-19-12-34(13-22(19)36)20-10-21(35)18(28)9-17(20)23(24(37)38)40-25(39)26(29,30)31/h1-4,9-10,16,19,22-23,32,35-36H,5-8,11-13H2,(H,37,38). The van der Waals surface area contributed by atoms with Crippen LogP contribution in [0.3, 0.4) is 0 Å². The molecule has 0 amide bonds. The number of hydrogen-bond acceptors (Lipinski definition) is 8. The number of esters is 1. The largest absolute Gasteiger partial charge is 0.506 e. The molecule has 2 aromatic carbocycles. The molecule has 2 aliphatic rings. The lowest BCUT2D eigenvalue weighted by Gasteiger charge is -2.34. The molecule has 0 aliphatic carbocycles. The third kappa shape index (κ3) is 7.29. The van der Waals surface area contributed by atoms with Gasteiger partial charge >= 0.3 is 18.1 Å². The molecule has 0 saturated carbocycles. The number of ether oxygens (including phenoxy) is 1. The molecule has 2 saturated heterocycles. The monoisotopic (exact) mass is 605 g/mol. The Morgan fingerprint density at radius 2 is 1.75 bits per heavy atom. The first-order valence-electron chi connectivity index (χ1n) is 12.5. The summed E-state index contributed by atoms with van der Waals surface area (Å²) in [5.41, 5.74) is 0.766. The van der Waals surface area contributed by atoms with E-state index in [1.54, 1.807) is 0 Å². The summed E-state index contributed by atoms with van der Waals surface area (Å²) in [5.74, 6) is -5.00. The quantitative estimate of drug-likeness (QED) is 0.333. The number of benzene rings is 2. The first-order chi connectivity index (χ1) is 18.8. The number of carbonyl (C=O) groups is 2. The minimum absolute atomic E-state index is 0.0132. The van der Waals surface area contributed by atoms with Crippen molar-refractivity contribution < 1.29 is 42.8 Å². The fourth-order valence-corrected chi connectivity index (χ4v) is 5.32. The number of piperidine rings is 1. The summed E-state index contributed by atoms with van der Waals surface area (Å²) in [6.07, 6.45) is -7.04. The first kappa shape index (κ1) is 30.2. The van der Waals surface area contributed by atoms with Gasteiger partial charge < -0.3 is 30.3 Å². The molecule has 3 unspecified atom stereocenters. The van der Waals surface area contributed by atoms with Crippen LogP contribution in [0, 0.1) is 0 Å². The predicted molar refractivity (Wildman–Crippen MR) is 141 cm³/mol. The van der Waals surface area contributed by atoms with Crippen LogP contribution in [0.1, 0.15) is 30.1 Å². The average Bonchev–Trinajstić information content (AvgIpc) is 3.25. The number of halogens is 5. The van der Waals surface area contributed by atoms with Crippen LogP contribution < -0.4 is 10.2 Å². The van der Waals surface area contributed by atoms with Gasteiger partial charge in [-0.05, 0) is 49.7 Å². The summed E-state index contributed by atoms with van der Waals surface area (Å²) in [4.78, 5) is 27.1. The molecule has 0 aromatic heterocycles. The second-order valence-corrected chi connectivity index (χ2v) is 10.7. The van der Waals surface area contributed by atoms with Crippen LogP contribution in [0.2, 0.25) is 10.0 Å². The molecule has 2 fully saturated rings. The Labute approximate surface area is 238 Å². The van der Waals surface area contributed by atoms with E-state index in [0.29, 0.717) is 5.02 Å². The Morgan fingerprint density at radius 3 is 2.35 bits per heavy atom. The number of phenolic OH excluding ortho intramolecular Hbond substituents is 1. The SMILES string of the molecule is O=C(O)C(OC(=O)C(F)(F)F)c1cc(Cl)c(O)cc1N1CC(O)C(NC2CCN(Cc3ccc(Cl)cc3)CC2)C1. The smallest absolute Gasteiger partial charge is 0.490 e. The number of rotatable bonds is 8. The number of carbonyl (C=O) groups excluding carboxylic acids is 1. The molecule has 0 bridgehead atoms. The van der Waals surface area contributed by atoms with Gasteiger partial charge in [-0.2, -0.15) is 13.2 Å². The highest BCUT2D eigenvalue weighted by Crippen LogP contribution is 2.39. The number of nitrogens with zero attached hydrogens (tertiary/aromatic N) is 2. The number of aliphatic carboxylic acids is 1. The van der Waals surface area contributed by atoms with Crippen LogP contribution in [-0.4, -0.2) is 82.7 Å². The average molecular weight is 606 g/mol. The zero-order valence-corrected chi connectivity index (χ0v) is 22.6. The minimum atomic E-state index is -5.42. The van der Waals surface area contributed by atoms with Crippen molar-refractivity contribution >= 4 is 40.8 Å². The fraction of sp³-hybridized carbons (Fsp3) is 0.462. The summed E-state index contributed by atoms with van der Waals surface area (Å²) >= 11 is 11.9. The third-order valence-electron chi connectivity index (χ3n) is 7.05. The molecular weight excluding hydrogens is 578 g/mol. The number of likely N-dealkylation sites (tertiary alicyclic amines) is 1. The lowest BCUT2D eigenvalue weighted by molar-refractivity contribution is -0.207. The van der Waals surface area contributed by atoms with Gasteiger partial charge in [0.15, 0.2) is 0 Å². The molecule has 9 nitrogen and oxygen atoms in total. The van der Waals surface area contributed by atoms with Crippen LogP contribution in [0.4, 0.5) is 18.9 Å². The highest BCUT2D eigenvalue weighted by Gasteiger charge is 2.45. The van der Waals surface area contributed by atoms with Gasteiger partial charge in [-0.1, -0.05) is 35.3 Å². The molecule has 2 aromatic rings. The van der Waals surface area contributed by atoms with E-state index in [1.807, 2.05) is 24.3 Å². The van der Waals surface area contributed by atoms with E-state index >= 15 is 0 Å². The lowest BCUT2D eigenvalue weighted by Crippen LogP contribution is -2.49. The van der Waals surface area contributed by atoms with Gasteiger partial charge in [-0.15, -0.1) is 0 Å². The molecule has 0 spiro atoms. The number of carboxylic acids is 1. The van der Waals surface area contributed by atoms with Gasteiger partial charge in [-0.25, -0.2) is 9.59 Å². The Hall–Kier alpha value is -2.77. The van der Waals surface area contributed by atoms with Crippen molar-refractivity contribution in [3.8, 4) is 5.75 Å². The van der Waals surface area contributed by atoms with Crippen molar-refractivity contribution in [2.24, 2.45) is 0 Å². The van der Waals surface area contributed by atoms with Crippen LogP contribution in [0.25, 0.3) is 0 Å². The van der Waals surface area contributed by atoms with E-state index in [0.717, 1.165) is 50.2 Å². The molecule has 3 atom stereocenters. The number of phenols is 1.